The quantitative estimate of drug-likeness (QED) is 0.328. The molecule has 0 aliphatic carbocycles. The van der Waals surface area contributed by atoms with E-state index in [1.807, 2.05) is 0 Å². The van der Waals surface area contributed by atoms with E-state index in [0.29, 0.717) is 0 Å². The average molecular weight is 216 g/mol. The molecule has 1 aromatic carbocycles. The topological polar surface area (TPSA) is 69.4 Å². The van der Waals surface area contributed by atoms with Gasteiger partial charge in [0.1, 0.15) is 10.8 Å². The summed E-state index contributed by atoms with van der Waals surface area (Å²) in [6, 6.07) is 3.72. The van der Waals surface area contributed by atoms with E-state index in [0.717, 1.165) is 0 Å². The van der Waals surface area contributed by atoms with Gasteiger partial charge in [-0.3, -0.25) is 14.9 Å². The molecule has 0 fully saturated rings. The van der Waals surface area contributed by atoms with Crippen molar-refractivity contribution in [3.8, 4) is 5.75 Å². The first kappa shape index (κ1) is 10.5. The van der Waals surface area contributed by atoms with Gasteiger partial charge in [-0.05, 0) is 6.07 Å². The molecule has 1 aromatic rings. The molecule has 0 saturated carbocycles. The van der Waals surface area contributed by atoms with Crippen molar-refractivity contribution in [3.05, 3.63) is 33.3 Å². The molecule has 0 aliphatic heterocycles. The lowest BCUT2D eigenvalue weighted by atomic mass is 10.3. The Morgan fingerprint density at radius 1 is 1.57 bits per heavy atom. The summed E-state index contributed by atoms with van der Waals surface area (Å²) in [6.45, 7) is 1.23. The van der Waals surface area contributed by atoms with Crippen molar-refractivity contribution in [1.82, 2.24) is 0 Å². The maximum Gasteiger partial charge on any atom is 0.308 e. The molecule has 0 aliphatic rings. The van der Waals surface area contributed by atoms with Gasteiger partial charge in [-0.1, -0.05) is 11.6 Å². The second-order valence-corrected chi connectivity index (χ2v) is 2.87. The van der Waals surface area contributed by atoms with Crippen LogP contribution in [-0.2, 0) is 4.79 Å². The third kappa shape index (κ3) is 2.43. The third-order valence-corrected chi connectivity index (χ3v) is 1.68. The number of hydrogen-bond donors (Lipinski definition) is 0. The van der Waals surface area contributed by atoms with Crippen molar-refractivity contribution in [2.75, 3.05) is 0 Å². The monoisotopic (exact) mass is 215 g/mol. The molecule has 0 bridgehead atoms. The Labute approximate surface area is 84.4 Å². The van der Waals surface area contributed by atoms with E-state index in [9.17, 15) is 14.9 Å². The number of rotatable bonds is 2. The number of carbonyl (C=O) groups excluding carboxylic acids is 1. The fourth-order valence-electron chi connectivity index (χ4n) is 0.865. The summed E-state index contributed by atoms with van der Waals surface area (Å²) in [4.78, 5) is 20.3. The number of benzene rings is 1. The highest BCUT2D eigenvalue weighted by Crippen LogP contribution is 2.28. The highest BCUT2D eigenvalue weighted by molar-refractivity contribution is 6.32. The fourth-order valence-corrected chi connectivity index (χ4v) is 1.10. The van der Waals surface area contributed by atoms with Crippen molar-refractivity contribution in [2.24, 2.45) is 0 Å². The lowest BCUT2D eigenvalue weighted by molar-refractivity contribution is -0.384. The van der Waals surface area contributed by atoms with Crippen LogP contribution in [0, 0.1) is 10.1 Å². The van der Waals surface area contributed by atoms with E-state index >= 15 is 0 Å². The summed E-state index contributed by atoms with van der Waals surface area (Å²) in [5.41, 5.74) is -0.220. The molecule has 0 N–H and O–H groups in total. The summed E-state index contributed by atoms with van der Waals surface area (Å²) in [5, 5.41) is 10.3. The Morgan fingerprint density at radius 2 is 2.21 bits per heavy atom. The summed E-state index contributed by atoms with van der Waals surface area (Å²) in [5.74, 6) is -0.317. The van der Waals surface area contributed by atoms with Crippen molar-refractivity contribution in [3.63, 3.8) is 0 Å². The van der Waals surface area contributed by atoms with Gasteiger partial charge in [-0.15, -0.1) is 0 Å². The molecule has 0 saturated heterocycles. The molecular formula is C8H6ClNO4. The number of nitro benzene ring substituents is 1. The first-order valence-electron chi connectivity index (χ1n) is 3.63. The summed E-state index contributed by atoms with van der Waals surface area (Å²) >= 11 is 5.57. The normalized spacial score (nSPS) is 9.57. The highest BCUT2D eigenvalue weighted by atomic mass is 35.5. The molecule has 0 atom stereocenters. The summed E-state index contributed by atoms with van der Waals surface area (Å²) in [7, 11) is 0. The minimum Gasteiger partial charge on any atom is -0.427 e. The molecule has 0 radical (unpaired) electrons. The highest BCUT2D eigenvalue weighted by Gasteiger charge is 2.12. The predicted octanol–water partition coefficient (Wildman–Crippen LogP) is 2.17. The van der Waals surface area contributed by atoms with Gasteiger partial charge in [-0.25, -0.2) is 0 Å². The summed E-state index contributed by atoms with van der Waals surface area (Å²) in [6.07, 6.45) is 0. The molecule has 0 aromatic heterocycles. The second kappa shape index (κ2) is 4.06. The van der Waals surface area contributed by atoms with Crippen LogP contribution in [-0.4, -0.2) is 10.9 Å². The smallest absolute Gasteiger partial charge is 0.308 e. The van der Waals surface area contributed by atoms with Crippen LogP contribution in [0.5, 0.6) is 5.75 Å². The van der Waals surface area contributed by atoms with Gasteiger partial charge in [0.25, 0.3) is 5.69 Å². The van der Waals surface area contributed by atoms with Crippen molar-refractivity contribution in [1.29, 1.82) is 0 Å². The molecule has 0 unspecified atom stereocenters. The number of carbonyl (C=O) groups is 1. The lowest BCUT2D eigenvalue weighted by Gasteiger charge is -2.01. The van der Waals surface area contributed by atoms with Crippen LogP contribution in [0.3, 0.4) is 0 Å². The molecule has 0 spiro atoms. The Kier molecular flexibility index (Phi) is 3.03. The Bertz CT molecular complexity index is 391. The molecule has 1 rings (SSSR count). The van der Waals surface area contributed by atoms with Crippen LogP contribution in [0.25, 0.3) is 0 Å². The number of halogens is 1. The number of ether oxygens (including phenoxy) is 1. The van der Waals surface area contributed by atoms with Gasteiger partial charge in [0, 0.05) is 19.1 Å². The van der Waals surface area contributed by atoms with Crippen LogP contribution in [0.2, 0.25) is 5.02 Å². The van der Waals surface area contributed by atoms with E-state index in [4.69, 9.17) is 11.6 Å². The van der Waals surface area contributed by atoms with E-state index in [2.05, 4.69) is 4.74 Å². The SMILES string of the molecule is CC(=O)Oc1ccc([N+](=O)[O-])c(Cl)c1. The maximum absolute atomic E-state index is 10.5. The van der Waals surface area contributed by atoms with Gasteiger partial charge in [-0.2, -0.15) is 0 Å². The standard InChI is InChI=1S/C8H6ClNO4/c1-5(11)14-6-2-3-8(10(12)13)7(9)4-6/h2-4H,1H3. The third-order valence-electron chi connectivity index (χ3n) is 1.38. The molecule has 5 nitrogen and oxygen atoms in total. The fraction of sp³-hybridized carbons (Fsp3) is 0.125. The lowest BCUT2D eigenvalue weighted by Crippen LogP contribution is -2.01. The zero-order chi connectivity index (χ0) is 10.7. The molecule has 0 heterocycles. The van der Waals surface area contributed by atoms with Crippen molar-refractivity contribution >= 4 is 23.3 Å². The first-order chi connectivity index (χ1) is 6.50. The van der Waals surface area contributed by atoms with E-state index in [-0.39, 0.29) is 16.5 Å². The molecular weight excluding hydrogens is 210 g/mol. The van der Waals surface area contributed by atoms with Crippen LogP contribution >= 0.6 is 11.6 Å². The van der Waals surface area contributed by atoms with Crippen LogP contribution in [0.4, 0.5) is 5.69 Å². The molecule has 14 heavy (non-hydrogen) atoms. The average Bonchev–Trinajstić information content (AvgIpc) is 2.01. The molecule has 0 amide bonds. The van der Waals surface area contributed by atoms with Crippen LogP contribution in [0.15, 0.2) is 18.2 Å². The van der Waals surface area contributed by atoms with E-state index in [1.165, 1.54) is 25.1 Å². The van der Waals surface area contributed by atoms with Crippen molar-refractivity contribution in [2.45, 2.75) is 6.92 Å². The second-order valence-electron chi connectivity index (χ2n) is 2.46. The Balaban J connectivity index is 3.00. The predicted molar refractivity (Wildman–Crippen MR) is 49.4 cm³/mol. The van der Waals surface area contributed by atoms with Gasteiger partial charge in [0.15, 0.2) is 0 Å². The Hall–Kier alpha value is -1.62. The number of esters is 1. The van der Waals surface area contributed by atoms with Crippen molar-refractivity contribution < 1.29 is 14.5 Å². The maximum atomic E-state index is 10.5. The number of nitro groups is 1. The Morgan fingerprint density at radius 3 is 2.64 bits per heavy atom. The number of nitrogens with zero attached hydrogens (tertiary/aromatic N) is 1. The van der Waals surface area contributed by atoms with Crippen LogP contribution < -0.4 is 4.74 Å². The van der Waals surface area contributed by atoms with Gasteiger partial charge < -0.3 is 4.74 Å². The molecule has 74 valence electrons. The molecule has 6 heteroatoms. The van der Waals surface area contributed by atoms with E-state index in [1.54, 1.807) is 0 Å². The first-order valence-corrected chi connectivity index (χ1v) is 4.01. The zero-order valence-corrected chi connectivity index (χ0v) is 7.95. The van der Waals surface area contributed by atoms with Gasteiger partial charge in [0.05, 0.1) is 4.92 Å². The van der Waals surface area contributed by atoms with Gasteiger partial charge >= 0.3 is 5.97 Å². The minimum atomic E-state index is -0.611. The van der Waals surface area contributed by atoms with E-state index < -0.39 is 10.9 Å². The van der Waals surface area contributed by atoms with Gasteiger partial charge in [0.2, 0.25) is 0 Å². The van der Waals surface area contributed by atoms with Crippen LogP contribution in [0.1, 0.15) is 6.92 Å². The minimum absolute atomic E-state index is 0.0613. The number of hydrogen-bond acceptors (Lipinski definition) is 4. The summed E-state index contributed by atoms with van der Waals surface area (Å²) < 4.78 is 4.68. The largest absolute Gasteiger partial charge is 0.427 e. The zero-order valence-electron chi connectivity index (χ0n) is 7.19.